The fourth-order valence-electron chi connectivity index (χ4n) is 2.18. The zero-order valence-corrected chi connectivity index (χ0v) is 13.0. The van der Waals surface area contributed by atoms with E-state index >= 15 is 0 Å². The van der Waals surface area contributed by atoms with E-state index in [0.717, 1.165) is 15.4 Å². The van der Waals surface area contributed by atoms with Crippen molar-refractivity contribution in [2.75, 3.05) is 6.61 Å². The molecule has 2 aromatic carbocycles. The van der Waals surface area contributed by atoms with Crippen molar-refractivity contribution in [1.29, 1.82) is 0 Å². The molecule has 1 aromatic heterocycles. The average molecular weight is 345 g/mol. The number of halogens is 1. The maximum absolute atomic E-state index is 12.2. The first-order chi connectivity index (χ1) is 10.2. The van der Waals surface area contributed by atoms with Crippen LogP contribution < -0.4 is 10.4 Å². The number of fused-ring (bicyclic) bond motifs is 1. The Labute approximate surface area is 130 Å². The van der Waals surface area contributed by atoms with Gasteiger partial charge < -0.3 is 9.15 Å². The van der Waals surface area contributed by atoms with E-state index in [1.54, 1.807) is 6.07 Å². The van der Waals surface area contributed by atoms with Gasteiger partial charge in [-0.25, -0.2) is 4.79 Å². The molecule has 3 rings (SSSR count). The lowest BCUT2D eigenvalue weighted by molar-refractivity contribution is 0.340. The summed E-state index contributed by atoms with van der Waals surface area (Å²) in [7, 11) is 0. The highest BCUT2D eigenvalue weighted by molar-refractivity contribution is 9.10. The Bertz CT molecular complexity index is 835. The molecule has 3 nitrogen and oxygen atoms in total. The van der Waals surface area contributed by atoms with Gasteiger partial charge in [-0.15, -0.1) is 0 Å². The lowest BCUT2D eigenvalue weighted by Gasteiger charge is -2.05. The van der Waals surface area contributed by atoms with Crippen molar-refractivity contribution in [2.45, 2.75) is 6.92 Å². The largest absolute Gasteiger partial charge is 0.494 e. The first kappa shape index (κ1) is 13.9. The number of benzene rings is 2. The zero-order chi connectivity index (χ0) is 14.8. The molecule has 0 saturated carbocycles. The molecule has 0 amide bonds. The topological polar surface area (TPSA) is 39.4 Å². The molecule has 3 aromatic rings. The van der Waals surface area contributed by atoms with Gasteiger partial charge in [-0.3, -0.25) is 0 Å². The molecule has 0 N–H and O–H groups in total. The quantitative estimate of drug-likeness (QED) is 0.650. The van der Waals surface area contributed by atoms with Crippen LogP contribution >= 0.6 is 15.9 Å². The zero-order valence-electron chi connectivity index (χ0n) is 11.4. The molecule has 0 atom stereocenters. The summed E-state index contributed by atoms with van der Waals surface area (Å²) < 4.78 is 11.8. The van der Waals surface area contributed by atoms with E-state index in [2.05, 4.69) is 15.9 Å². The van der Waals surface area contributed by atoms with Crippen LogP contribution in [0.3, 0.4) is 0 Å². The Hall–Kier alpha value is -2.07. The maximum atomic E-state index is 12.2. The normalized spacial score (nSPS) is 10.8. The second-order valence-corrected chi connectivity index (χ2v) is 5.50. The van der Waals surface area contributed by atoms with Crippen LogP contribution in [0, 0.1) is 0 Å². The second-order valence-electron chi connectivity index (χ2n) is 4.59. The van der Waals surface area contributed by atoms with Crippen LogP contribution in [0.5, 0.6) is 5.75 Å². The number of hydrogen-bond donors (Lipinski definition) is 0. The monoisotopic (exact) mass is 344 g/mol. The van der Waals surface area contributed by atoms with Gasteiger partial charge in [0.1, 0.15) is 11.3 Å². The van der Waals surface area contributed by atoms with Crippen LogP contribution in [0.15, 0.2) is 62.2 Å². The molecule has 0 spiro atoms. The summed E-state index contributed by atoms with van der Waals surface area (Å²) in [4.78, 5) is 12.2. The highest BCUT2D eigenvalue weighted by Crippen LogP contribution is 2.25. The molecule has 4 heteroatoms. The molecular formula is C17H13BrO3. The van der Waals surface area contributed by atoms with E-state index in [4.69, 9.17) is 9.15 Å². The third-order valence-electron chi connectivity index (χ3n) is 3.17. The Morgan fingerprint density at radius 1 is 1.10 bits per heavy atom. The third kappa shape index (κ3) is 2.85. The van der Waals surface area contributed by atoms with Gasteiger partial charge in [-0.2, -0.15) is 0 Å². The molecule has 0 saturated heterocycles. The lowest BCUT2D eigenvalue weighted by Crippen LogP contribution is -2.02. The standard InChI is InChI=1S/C17H13BrO3/c1-2-20-14-8-5-12-9-15(17(19)21-16(12)10-14)11-3-6-13(18)7-4-11/h3-10H,2H2,1H3. The van der Waals surface area contributed by atoms with Crippen molar-refractivity contribution in [1.82, 2.24) is 0 Å². The molecule has 0 bridgehead atoms. The van der Waals surface area contributed by atoms with Gasteiger partial charge >= 0.3 is 5.63 Å². The maximum Gasteiger partial charge on any atom is 0.344 e. The molecule has 0 radical (unpaired) electrons. The Morgan fingerprint density at radius 2 is 1.86 bits per heavy atom. The minimum Gasteiger partial charge on any atom is -0.494 e. The lowest BCUT2D eigenvalue weighted by atomic mass is 10.1. The van der Waals surface area contributed by atoms with E-state index in [1.165, 1.54) is 0 Å². The summed E-state index contributed by atoms with van der Waals surface area (Å²) in [5, 5.41) is 0.871. The molecule has 0 aliphatic carbocycles. The number of hydrogen-bond acceptors (Lipinski definition) is 3. The fourth-order valence-corrected chi connectivity index (χ4v) is 2.44. The van der Waals surface area contributed by atoms with Gasteiger partial charge in [0.2, 0.25) is 0 Å². The van der Waals surface area contributed by atoms with E-state index in [-0.39, 0.29) is 5.63 Å². The summed E-state index contributed by atoms with van der Waals surface area (Å²) in [6.45, 7) is 2.49. The summed E-state index contributed by atoms with van der Waals surface area (Å²) in [6, 6.07) is 14.9. The van der Waals surface area contributed by atoms with Crippen LogP contribution in [0.1, 0.15) is 6.92 Å². The third-order valence-corrected chi connectivity index (χ3v) is 3.70. The minimum absolute atomic E-state index is 0.349. The smallest absolute Gasteiger partial charge is 0.344 e. The average Bonchev–Trinajstić information content (AvgIpc) is 2.48. The first-order valence-electron chi connectivity index (χ1n) is 6.64. The summed E-state index contributed by atoms with van der Waals surface area (Å²) in [5.41, 5.74) is 1.58. The molecular weight excluding hydrogens is 332 g/mol. The van der Waals surface area contributed by atoms with E-state index in [0.29, 0.717) is 23.5 Å². The van der Waals surface area contributed by atoms with Gasteiger partial charge in [0.15, 0.2) is 0 Å². The van der Waals surface area contributed by atoms with Crippen LogP contribution in [-0.2, 0) is 0 Å². The van der Waals surface area contributed by atoms with Gasteiger partial charge in [-0.05, 0) is 42.8 Å². The van der Waals surface area contributed by atoms with Crippen LogP contribution in [0.2, 0.25) is 0 Å². The molecule has 21 heavy (non-hydrogen) atoms. The Balaban J connectivity index is 2.13. The van der Waals surface area contributed by atoms with Crippen molar-refractivity contribution in [3.05, 3.63) is 63.4 Å². The van der Waals surface area contributed by atoms with Crippen LogP contribution in [0.25, 0.3) is 22.1 Å². The van der Waals surface area contributed by atoms with Crippen molar-refractivity contribution < 1.29 is 9.15 Å². The molecule has 0 fully saturated rings. The van der Waals surface area contributed by atoms with Crippen LogP contribution in [-0.4, -0.2) is 6.61 Å². The summed E-state index contributed by atoms with van der Waals surface area (Å²) in [5.74, 6) is 0.699. The van der Waals surface area contributed by atoms with Gasteiger partial charge in [-0.1, -0.05) is 28.1 Å². The van der Waals surface area contributed by atoms with E-state index in [1.807, 2.05) is 49.4 Å². The van der Waals surface area contributed by atoms with Crippen LogP contribution in [0.4, 0.5) is 0 Å². The Morgan fingerprint density at radius 3 is 2.57 bits per heavy atom. The van der Waals surface area contributed by atoms with Crippen molar-refractivity contribution >= 4 is 26.9 Å². The first-order valence-corrected chi connectivity index (χ1v) is 7.43. The fraction of sp³-hybridized carbons (Fsp3) is 0.118. The Kier molecular flexibility index (Phi) is 3.80. The van der Waals surface area contributed by atoms with E-state index < -0.39 is 0 Å². The number of rotatable bonds is 3. The van der Waals surface area contributed by atoms with Gasteiger partial charge in [0, 0.05) is 15.9 Å². The van der Waals surface area contributed by atoms with Gasteiger partial charge in [0.25, 0.3) is 0 Å². The van der Waals surface area contributed by atoms with Crippen molar-refractivity contribution in [3.8, 4) is 16.9 Å². The molecule has 0 aliphatic rings. The summed E-state index contributed by atoms with van der Waals surface area (Å²) in [6.07, 6.45) is 0. The highest BCUT2D eigenvalue weighted by atomic mass is 79.9. The van der Waals surface area contributed by atoms with Crippen molar-refractivity contribution in [2.24, 2.45) is 0 Å². The molecule has 1 heterocycles. The van der Waals surface area contributed by atoms with E-state index in [9.17, 15) is 4.79 Å². The number of ether oxygens (including phenoxy) is 1. The SMILES string of the molecule is CCOc1ccc2cc(-c3ccc(Br)cc3)c(=O)oc2c1. The molecule has 0 aliphatic heterocycles. The predicted octanol–water partition coefficient (Wildman–Crippen LogP) is 4.62. The summed E-state index contributed by atoms with van der Waals surface area (Å²) >= 11 is 3.38. The molecule has 0 unspecified atom stereocenters. The predicted molar refractivity (Wildman–Crippen MR) is 86.8 cm³/mol. The second kappa shape index (κ2) is 5.74. The van der Waals surface area contributed by atoms with Crippen molar-refractivity contribution in [3.63, 3.8) is 0 Å². The minimum atomic E-state index is -0.349. The highest BCUT2D eigenvalue weighted by Gasteiger charge is 2.08. The van der Waals surface area contributed by atoms with Gasteiger partial charge in [0.05, 0.1) is 12.2 Å². The molecule has 106 valence electrons.